The number of nitriles is 1. The maximum absolute atomic E-state index is 14.2. The van der Waals surface area contributed by atoms with Crippen LogP contribution in [0.15, 0.2) is 45.0 Å². The van der Waals surface area contributed by atoms with E-state index in [1.54, 1.807) is 0 Å². The lowest BCUT2D eigenvalue weighted by Gasteiger charge is -2.36. The van der Waals surface area contributed by atoms with Gasteiger partial charge in [0, 0.05) is 41.5 Å². The van der Waals surface area contributed by atoms with E-state index in [1.165, 1.54) is 18.3 Å². The molecule has 0 unspecified atom stereocenters. The third-order valence-electron chi connectivity index (χ3n) is 7.55. The molecule has 2 aromatic rings. The molecule has 210 valence electrons. The highest BCUT2D eigenvalue weighted by molar-refractivity contribution is 7.92. The summed E-state index contributed by atoms with van der Waals surface area (Å²) < 4.78 is 69.7. The minimum atomic E-state index is -4.80. The third-order valence-corrected chi connectivity index (χ3v) is 9.89. The molecule has 2 heterocycles. The van der Waals surface area contributed by atoms with Crippen molar-refractivity contribution in [3.63, 3.8) is 0 Å². The maximum atomic E-state index is 14.2. The second-order valence-electron chi connectivity index (χ2n) is 10.7. The van der Waals surface area contributed by atoms with Crippen molar-refractivity contribution in [1.29, 1.82) is 5.26 Å². The van der Waals surface area contributed by atoms with Gasteiger partial charge in [0.25, 0.3) is 0 Å². The number of H-pyrrole nitrogens is 1. The molecule has 1 saturated heterocycles. The van der Waals surface area contributed by atoms with Crippen LogP contribution in [0.3, 0.4) is 0 Å². The molecule has 0 amide bonds. The van der Waals surface area contributed by atoms with Gasteiger partial charge in [-0.1, -0.05) is 18.9 Å². The highest BCUT2D eigenvalue weighted by atomic mass is 32.2. The number of hydrogen-bond acceptors (Lipinski definition) is 7. The number of fused-ring (bicyclic) bond motifs is 1. The van der Waals surface area contributed by atoms with Gasteiger partial charge < -0.3 is 10.3 Å². The van der Waals surface area contributed by atoms with Crippen molar-refractivity contribution in [2.45, 2.75) is 80.3 Å². The lowest BCUT2D eigenvalue weighted by molar-refractivity contribution is -0.0861. The Morgan fingerprint density at radius 3 is 2.59 bits per heavy atom. The molecule has 0 radical (unpaired) electrons. The Bertz CT molecular complexity index is 1430. The smallest absolute Gasteiger partial charge is 0.359 e. The molecular weight excluding hydrogens is 529 g/mol. The first-order chi connectivity index (χ1) is 18.4. The van der Waals surface area contributed by atoms with Crippen molar-refractivity contribution in [2.75, 3.05) is 13.2 Å². The van der Waals surface area contributed by atoms with Gasteiger partial charge in [0.1, 0.15) is 11.0 Å². The fourth-order valence-electron chi connectivity index (χ4n) is 5.35. The summed E-state index contributed by atoms with van der Waals surface area (Å²) >= 11 is 0. The maximum Gasteiger partial charge on any atom is 0.419 e. The molecule has 39 heavy (non-hydrogen) atoms. The van der Waals surface area contributed by atoms with Crippen molar-refractivity contribution in [1.82, 2.24) is 15.6 Å². The number of rotatable bonds is 8. The Kier molecular flexibility index (Phi) is 8.35. The highest BCUT2D eigenvalue weighted by Gasteiger charge is 2.39. The van der Waals surface area contributed by atoms with E-state index in [1.807, 2.05) is 6.07 Å². The summed E-state index contributed by atoms with van der Waals surface area (Å²) in [5.41, 5.74) is -1.39. The van der Waals surface area contributed by atoms with Gasteiger partial charge in [0.15, 0.2) is 9.84 Å². The molecule has 2 fully saturated rings. The standard InChI is InChI=1S/C27H33F3N6O2S/c1-26(2)11-10-18(13-36-26)34-16-35-23(22(15-32-3)27(28,29)30)21-14-33-24-20(21)9-8-17(12-31)25(24)39(37,38)19-6-4-5-7-19/h8-9,14-15,18-19,33-34,36H,3-7,10-11,13,16H2,1-2H3/b22-15+,35-23-/t18-/m0/s1. The number of piperidine rings is 1. The van der Waals surface area contributed by atoms with E-state index in [-0.39, 0.29) is 45.2 Å². The lowest BCUT2D eigenvalue weighted by Crippen LogP contribution is -2.52. The summed E-state index contributed by atoms with van der Waals surface area (Å²) in [5.74, 6) is 0. The van der Waals surface area contributed by atoms with E-state index >= 15 is 0 Å². The Morgan fingerprint density at radius 2 is 2.00 bits per heavy atom. The molecule has 4 rings (SSSR count). The van der Waals surface area contributed by atoms with Gasteiger partial charge >= 0.3 is 6.18 Å². The predicted molar refractivity (Wildman–Crippen MR) is 146 cm³/mol. The number of sulfone groups is 1. The molecule has 3 N–H and O–H groups in total. The second-order valence-corrected chi connectivity index (χ2v) is 12.9. The number of aromatic nitrogens is 1. The molecule has 2 aliphatic rings. The van der Waals surface area contributed by atoms with Gasteiger partial charge in [0.2, 0.25) is 0 Å². The third kappa shape index (κ3) is 6.10. The summed E-state index contributed by atoms with van der Waals surface area (Å²) in [6, 6.07) is 4.77. The molecule has 0 spiro atoms. The quantitative estimate of drug-likeness (QED) is 0.400. The van der Waals surface area contributed by atoms with Crippen molar-refractivity contribution < 1.29 is 21.6 Å². The van der Waals surface area contributed by atoms with Gasteiger partial charge in [0.05, 0.1) is 34.3 Å². The molecule has 1 aromatic heterocycles. The first-order valence-corrected chi connectivity index (χ1v) is 14.5. The average Bonchev–Trinajstić information content (AvgIpc) is 3.56. The Hall–Kier alpha value is -3.01. The topological polar surface area (TPSA) is 122 Å². The zero-order valence-corrected chi connectivity index (χ0v) is 22.8. The SMILES string of the molecule is C=N/C=C(\C(=N/CN[C@H]1CCC(C)(C)NC1)c1c[nH]c2c(S(=O)(=O)C3CCCC3)c(C#N)ccc12)C(F)(F)F. The van der Waals surface area contributed by atoms with Gasteiger partial charge in [-0.15, -0.1) is 0 Å². The van der Waals surface area contributed by atoms with Crippen molar-refractivity contribution in [2.24, 2.45) is 9.98 Å². The monoisotopic (exact) mass is 562 g/mol. The van der Waals surface area contributed by atoms with Crippen LogP contribution in [-0.4, -0.2) is 62.1 Å². The van der Waals surface area contributed by atoms with Gasteiger partial charge in [-0.2, -0.15) is 18.4 Å². The molecule has 8 nitrogen and oxygen atoms in total. The number of aliphatic imine (C=N–C) groups is 2. The van der Waals surface area contributed by atoms with Crippen LogP contribution in [0.1, 0.15) is 63.5 Å². The van der Waals surface area contributed by atoms with Crippen LogP contribution in [0.4, 0.5) is 13.2 Å². The number of alkyl halides is 3. The minimum absolute atomic E-state index is 0.00269. The number of benzene rings is 1. The zero-order valence-electron chi connectivity index (χ0n) is 22.0. The highest BCUT2D eigenvalue weighted by Crippen LogP contribution is 2.37. The lowest BCUT2D eigenvalue weighted by atomic mass is 9.91. The number of halogens is 3. The molecule has 1 atom stereocenters. The van der Waals surface area contributed by atoms with Crippen molar-refractivity contribution in [3.8, 4) is 6.07 Å². The van der Waals surface area contributed by atoms with E-state index in [4.69, 9.17) is 0 Å². The molecular formula is C27H33F3N6O2S. The van der Waals surface area contributed by atoms with E-state index in [9.17, 15) is 26.9 Å². The number of nitrogens with one attached hydrogen (secondary N) is 3. The number of hydrogen-bond donors (Lipinski definition) is 3. The summed E-state index contributed by atoms with van der Waals surface area (Å²) in [4.78, 5) is 10.4. The predicted octanol–water partition coefficient (Wildman–Crippen LogP) is 4.77. The summed E-state index contributed by atoms with van der Waals surface area (Å²) in [6.45, 7) is 7.94. The summed E-state index contributed by atoms with van der Waals surface area (Å²) in [5, 5.41) is 15.9. The van der Waals surface area contributed by atoms with Crippen LogP contribution in [0.25, 0.3) is 10.9 Å². The van der Waals surface area contributed by atoms with Crippen molar-refractivity contribution >= 4 is 33.2 Å². The van der Waals surface area contributed by atoms with Crippen molar-refractivity contribution in [3.05, 3.63) is 41.2 Å². The van der Waals surface area contributed by atoms with E-state index < -0.39 is 32.5 Å². The first-order valence-electron chi connectivity index (χ1n) is 12.9. The van der Waals surface area contributed by atoms with Crippen LogP contribution < -0.4 is 10.6 Å². The summed E-state index contributed by atoms with van der Waals surface area (Å²) in [7, 11) is -3.90. The number of allylic oxidation sites excluding steroid dienone is 1. The largest absolute Gasteiger partial charge is 0.419 e. The van der Waals surface area contributed by atoms with Crippen LogP contribution >= 0.6 is 0 Å². The molecule has 1 aliphatic heterocycles. The number of nitrogens with zero attached hydrogens (tertiary/aromatic N) is 3. The van der Waals surface area contributed by atoms with Crippen LogP contribution in [0.5, 0.6) is 0 Å². The molecule has 1 saturated carbocycles. The summed E-state index contributed by atoms with van der Waals surface area (Å²) in [6.07, 6.45) is 1.36. The molecule has 1 aromatic carbocycles. The van der Waals surface area contributed by atoms with Crippen LogP contribution in [0.2, 0.25) is 0 Å². The van der Waals surface area contributed by atoms with E-state index in [0.29, 0.717) is 25.6 Å². The fourth-order valence-corrected chi connectivity index (χ4v) is 7.51. The van der Waals surface area contributed by atoms with Gasteiger partial charge in [-0.3, -0.25) is 15.3 Å². The number of aromatic amines is 1. The normalized spacial score (nSPS) is 21.3. The minimum Gasteiger partial charge on any atom is -0.359 e. The van der Waals surface area contributed by atoms with Gasteiger partial charge in [-0.05, 0) is 52.3 Å². The zero-order chi connectivity index (χ0) is 28.4. The van der Waals surface area contributed by atoms with Crippen LogP contribution in [-0.2, 0) is 9.84 Å². The Labute approximate surface area is 226 Å². The molecule has 0 bridgehead atoms. The van der Waals surface area contributed by atoms with E-state index in [2.05, 4.69) is 46.2 Å². The average molecular weight is 563 g/mol. The molecule has 12 heteroatoms. The van der Waals surface area contributed by atoms with Crippen LogP contribution in [0, 0.1) is 11.3 Å². The second kappa shape index (κ2) is 11.2. The first kappa shape index (κ1) is 29.0. The Morgan fingerprint density at radius 1 is 1.28 bits per heavy atom. The van der Waals surface area contributed by atoms with Gasteiger partial charge in [-0.25, -0.2) is 8.42 Å². The molecule has 1 aliphatic carbocycles. The van der Waals surface area contributed by atoms with E-state index in [0.717, 1.165) is 25.7 Å². The fraction of sp³-hybridized carbons (Fsp3) is 0.519. The Balaban J connectivity index is 1.80.